The van der Waals surface area contributed by atoms with E-state index in [9.17, 15) is 19.5 Å². The van der Waals surface area contributed by atoms with E-state index in [1.165, 1.54) is 23.1 Å². The topological polar surface area (TPSA) is 108 Å². The normalized spacial score (nSPS) is 12.0. The molecule has 3 amide bonds. The van der Waals surface area contributed by atoms with Crippen molar-refractivity contribution in [1.29, 1.82) is 0 Å². The number of aromatic hydroxyl groups is 1. The van der Waals surface area contributed by atoms with Gasteiger partial charge in [-0.3, -0.25) is 9.59 Å². The van der Waals surface area contributed by atoms with Gasteiger partial charge < -0.3 is 25.4 Å². The summed E-state index contributed by atoms with van der Waals surface area (Å²) >= 11 is 0. The molecule has 0 aliphatic heterocycles. The second-order valence-electron chi connectivity index (χ2n) is 7.15. The fourth-order valence-electron chi connectivity index (χ4n) is 2.29. The SMILES string of the molecule is CCN(C(=O)OC(C)(C)C)[C@H](C)CNC(=O)CNC(=O)c1cccc(O)c1. The standard InChI is InChI=1S/C19H29N3O5/c1-6-22(18(26)27-19(3,4)5)13(2)11-20-16(24)12-21-17(25)14-8-7-9-15(23)10-14/h7-10,13,23H,6,11-12H2,1-5H3,(H,20,24)(H,21,25)/t13-/m1/s1. The van der Waals surface area contributed by atoms with Crippen LogP contribution in [-0.2, 0) is 9.53 Å². The summed E-state index contributed by atoms with van der Waals surface area (Å²) in [5, 5.41) is 14.5. The molecule has 3 N–H and O–H groups in total. The minimum absolute atomic E-state index is 0.0253. The van der Waals surface area contributed by atoms with Gasteiger partial charge in [0.1, 0.15) is 11.4 Å². The van der Waals surface area contributed by atoms with Gasteiger partial charge in [-0.15, -0.1) is 0 Å². The van der Waals surface area contributed by atoms with E-state index in [0.29, 0.717) is 6.54 Å². The third-order valence-corrected chi connectivity index (χ3v) is 3.61. The van der Waals surface area contributed by atoms with E-state index in [1.807, 2.05) is 6.92 Å². The first-order valence-electron chi connectivity index (χ1n) is 8.87. The largest absolute Gasteiger partial charge is 0.508 e. The quantitative estimate of drug-likeness (QED) is 0.670. The molecule has 0 bridgehead atoms. The summed E-state index contributed by atoms with van der Waals surface area (Å²) in [5.74, 6) is -0.864. The number of amides is 3. The van der Waals surface area contributed by atoms with Gasteiger partial charge in [0.2, 0.25) is 5.91 Å². The number of nitrogens with zero attached hydrogens (tertiary/aromatic N) is 1. The number of nitrogens with one attached hydrogen (secondary N) is 2. The van der Waals surface area contributed by atoms with Crippen molar-refractivity contribution < 1.29 is 24.2 Å². The van der Waals surface area contributed by atoms with Gasteiger partial charge in [-0.05, 0) is 52.8 Å². The minimum Gasteiger partial charge on any atom is -0.508 e. The fraction of sp³-hybridized carbons (Fsp3) is 0.526. The predicted octanol–water partition coefficient (Wildman–Crippen LogP) is 1.88. The Hall–Kier alpha value is -2.77. The Morgan fingerprint density at radius 3 is 2.44 bits per heavy atom. The van der Waals surface area contributed by atoms with Gasteiger partial charge >= 0.3 is 6.09 Å². The highest BCUT2D eigenvalue weighted by Crippen LogP contribution is 2.12. The van der Waals surface area contributed by atoms with Gasteiger partial charge in [-0.2, -0.15) is 0 Å². The van der Waals surface area contributed by atoms with Crippen molar-refractivity contribution in [3.63, 3.8) is 0 Å². The molecular formula is C19H29N3O5. The molecule has 8 nitrogen and oxygen atoms in total. The van der Waals surface area contributed by atoms with Gasteiger partial charge in [0, 0.05) is 24.7 Å². The van der Waals surface area contributed by atoms with E-state index in [1.54, 1.807) is 33.8 Å². The molecule has 150 valence electrons. The molecule has 1 rings (SSSR count). The van der Waals surface area contributed by atoms with Crippen molar-refractivity contribution in [2.75, 3.05) is 19.6 Å². The van der Waals surface area contributed by atoms with E-state index in [-0.39, 0.29) is 36.4 Å². The van der Waals surface area contributed by atoms with Crippen LogP contribution >= 0.6 is 0 Å². The number of hydrogen-bond donors (Lipinski definition) is 3. The lowest BCUT2D eigenvalue weighted by Crippen LogP contribution is -2.48. The van der Waals surface area contributed by atoms with Crippen LogP contribution in [0.3, 0.4) is 0 Å². The molecule has 0 saturated heterocycles. The lowest BCUT2D eigenvalue weighted by molar-refractivity contribution is -0.120. The highest BCUT2D eigenvalue weighted by Gasteiger charge is 2.25. The van der Waals surface area contributed by atoms with Crippen molar-refractivity contribution >= 4 is 17.9 Å². The lowest BCUT2D eigenvalue weighted by Gasteiger charge is -2.31. The first-order valence-corrected chi connectivity index (χ1v) is 8.87. The summed E-state index contributed by atoms with van der Waals surface area (Å²) in [4.78, 5) is 37.6. The Balaban J connectivity index is 2.46. The predicted molar refractivity (Wildman–Crippen MR) is 102 cm³/mol. The smallest absolute Gasteiger partial charge is 0.410 e. The number of hydrogen-bond acceptors (Lipinski definition) is 5. The summed E-state index contributed by atoms with van der Waals surface area (Å²) < 4.78 is 5.35. The number of phenols is 1. The van der Waals surface area contributed by atoms with Gasteiger partial charge in [-0.25, -0.2) is 4.79 Å². The van der Waals surface area contributed by atoms with Crippen LogP contribution in [0.1, 0.15) is 45.0 Å². The average molecular weight is 379 g/mol. The molecule has 1 aromatic carbocycles. The number of carbonyl (C=O) groups is 3. The zero-order valence-electron chi connectivity index (χ0n) is 16.5. The molecule has 0 heterocycles. The van der Waals surface area contributed by atoms with Crippen LogP contribution in [0, 0.1) is 0 Å². The molecule has 0 aromatic heterocycles. The third kappa shape index (κ3) is 7.98. The molecule has 0 aliphatic rings. The third-order valence-electron chi connectivity index (χ3n) is 3.61. The van der Waals surface area contributed by atoms with Gasteiger partial charge in [0.15, 0.2) is 0 Å². The van der Waals surface area contributed by atoms with Crippen molar-refractivity contribution in [2.24, 2.45) is 0 Å². The summed E-state index contributed by atoms with van der Waals surface area (Å²) in [5.41, 5.74) is -0.331. The Labute approximate surface area is 159 Å². The molecule has 1 atom stereocenters. The molecule has 27 heavy (non-hydrogen) atoms. The fourth-order valence-corrected chi connectivity index (χ4v) is 2.29. The summed E-state index contributed by atoms with van der Waals surface area (Å²) in [6, 6.07) is 5.58. The van der Waals surface area contributed by atoms with Gasteiger partial charge in [-0.1, -0.05) is 6.07 Å². The Bertz CT molecular complexity index is 670. The average Bonchev–Trinajstić information content (AvgIpc) is 2.56. The number of carbonyl (C=O) groups excluding carboxylic acids is 3. The van der Waals surface area contributed by atoms with Crippen LogP contribution in [0.4, 0.5) is 4.79 Å². The van der Waals surface area contributed by atoms with Crippen LogP contribution in [0.2, 0.25) is 0 Å². The van der Waals surface area contributed by atoms with Crippen molar-refractivity contribution in [3.05, 3.63) is 29.8 Å². The van der Waals surface area contributed by atoms with Crippen molar-refractivity contribution in [3.8, 4) is 5.75 Å². The Morgan fingerprint density at radius 1 is 1.22 bits per heavy atom. The Kier molecular flexibility index (Phi) is 8.08. The zero-order chi connectivity index (χ0) is 20.6. The maximum atomic E-state index is 12.2. The van der Waals surface area contributed by atoms with E-state index in [4.69, 9.17) is 4.74 Å². The van der Waals surface area contributed by atoms with E-state index in [0.717, 1.165) is 0 Å². The van der Waals surface area contributed by atoms with E-state index in [2.05, 4.69) is 10.6 Å². The maximum Gasteiger partial charge on any atom is 0.410 e. The molecule has 0 saturated carbocycles. The van der Waals surface area contributed by atoms with Crippen LogP contribution < -0.4 is 10.6 Å². The lowest BCUT2D eigenvalue weighted by atomic mass is 10.2. The van der Waals surface area contributed by atoms with Crippen molar-refractivity contribution in [1.82, 2.24) is 15.5 Å². The first kappa shape index (κ1) is 22.3. The number of rotatable bonds is 7. The Morgan fingerprint density at radius 2 is 1.89 bits per heavy atom. The second-order valence-corrected chi connectivity index (χ2v) is 7.15. The molecule has 0 radical (unpaired) electrons. The summed E-state index contributed by atoms with van der Waals surface area (Å²) in [6.45, 7) is 9.48. The molecule has 0 unspecified atom stereocenters. The summed E-state index contributed by atoms with van der Waals surface area (Å²) in [6.07, 6.45) is -0.441. The summed E-state index contributed by atoms with van der Waals surface area (Å²) in [7, 11) is 0. The van der Waals surface area contributed by atoms with Gasteiger partial charge in [0.05, 0.1) is 6.54 Å². The van der Waals surface area contributed by atoms with Crippen LogP contribution in [0.15, 0.2) is 24.3 Å². The number of benzene rings is 1. The zero-order valence-corrected chi connectivity index (χ0v) is 16.5. The highest BCUT2D eigenvalue weighted by molar-refractivity contribution is 5.96. The molecule has 0 fully saturated rings. The number of likely N-dealkylation sites (N-methyl/N-ethyl adjacent to an activating group) is 1. The second kappa shape index (κ2) is 9.80. The van der Waals surface area contributed by atoms with Gasteiger partial charge in [0.25, 0.3) is 5.91 Å². The van der Waals surface area contributed by atoms with Crippen LogP contribution in [0.25, 0.3) is 0 Å². The van der Waals surface area contributed by atoms with Crippen LogP contribution in [-0.4, -0.2) is 59.2 Å². The molecule has 0 aliphatic carbocycles. The molecule has 8 heteroatoms. The number of phenolic OH excluding ortho intramolecular Hbond substituents is 1. The van der Waals surface area contributed by atoms with E-state index >= 15 is 0 Å². The molecule has 0 spiro atoms. The number of ether oxygens (including phenoxy) is 1. The van der Waals surface area contributed by atoms with Crippen molar-refractivity contribution in [2.45, 2.75) is 46.3 Å². The van der Waals surface area contributed by atoms with Crippen LogP contribution in [0.5, 0.6) is 5.75 Å². The van der Waals surface area contributed by atoms with E-state index < -0.39 is 17.6 Å². The maximum absolute atomic E-state index is 12.2. The first-order chi connectivity index (χ1) is 12.5. The minimum atomic E-state index is -0.594. The highest BCUT2D eigenvalue weighted by atomic mass is 16.6. The monoisotopic (exact) mass is 379 g/mol. The molecular weight excluding hydrogens is 350 g/mol. The molecule has 1 aromatic rings.